The van der Waals surface area contributed by atoms with E-state index in [0.717, 1.165) is 17.8 Å². The van der Waals surface area contributed by atoms with Gasteiger partial charge in [0, 0.05) is 22.8 Å². The third-order valence-corrected chi connectivity index (χ3v) is 6.01. The molecule has 32 heavy (non-hydrogen) atoms. The molecular weight excluding hydrogens is 462 g/mol. The topological polar surface area (TPSA) is 59.0 Å². The molecule has 0 radical (unpaired) electrons. The molecule has 1 aliphatic heterocycles. The van der Waals surface area contributed by atoms with Gasteiger partial charge >= 0.3 is 17.9 Å². The van der Waals surface area contributed by atoms with E-state index in [0.29, 0.717) is 23.4 Å². The van der Waals surface area contributed by atoms with Crippen molar-refractivity contribution < 1.29 is 35.9 Å². The largest absolute Gasteiger partial charge is 0.497 e. The van der Waals surface area contributed by atoms with Gasteiger partial charge in [0.1, 0.15) is 5.75 Å². The maximum Gasteiger partial charge on any atom is 0.430 e. The average Bonchev–Trinajstić information content (AvgIpc) is 2.72. The first-order chi connectivity index (χ1) is 14.9. The quantitative estimate of drug-likeness (QED) is 0.423. The number of nitrogens with zero attached hydrogens (tertiary/aromatic N) is 2. The molecule has 0 spiro atoms. The smallest absolute Gasteiger partial charge is 0.430 e. The number of amides is 1. The Bertz CT molecular complexity index is 1010. The summed E-state index contributed by atoms with van der Waals surface area (Å²) in [5, 5.41) is 1.51. The second-order valence-corrected chi connectivity index (χ2v) is 8.04. The standard InChI is InChI=1S/C20H16F6N2O3S/c1-31-14-4-2-3-12(9-14)10-17(29)28-7-8-32-16-11-13(5-6-15(16)28)18(27-30,19(21,22)23)20(24,25)26/h2-6,9,11H,7-8,10H2,1H3. The number of ether oxygens (including phenoxy) is 1. The summed E-state index contributed by atoms with van der Waals surface area (Å²) in [4.78, 5) is 25.1. The van der Waals surface area contributed by atoms with Gasteiger partial charge in [0.25, 0.3) is 0 Å². The highest BCUT2D eigenvalue weighted by Gasteiger charge is 2.74. The Labute approximate surface area is 182 Å². The van der Waals surface area contributed by atoms with Crippen molar-refractivity contribution >= 4 is 23.4 Å². The number of anilines is 1. The van der Waals surface area contributed by atoms with E-state index in [1.54, 1.807) is 24.3 Å². The van der Waals surface area contributed by atoms with Crippen LogP contribution in [0.25, 0.3) is 0 Å². The molecule has 0 unspecified atom stereocenters. The molecule has 1 amide bonds. The summed E-state index contributed by atoms with van der Waals surface area (Å²) in [5.74, 6) is 0.394. The van der Waals surface area contributed by atoms with E-state index in [1.807, 2.05) is 0 Å². The number of carbonyl (C=O) groups is 1. The zero-order chi connectivity index (χ0) is 23.7. The summed E-state index contributed by atoms with van der Waals surface area (Å²) in [6.07, 6.45) is -12.0. The van der Waals surface area contributed by atoms with Crippen molar-refractivity contribution in [1.82, 2.24) is 0 Å². The van der Waals surface area contributed by atoms with Crippen LogP contribution in [0.2, 0.25) is 0 Å². The highest BCUT2D eigenvalue weighted by Crippen LogP contribution is 2.54. The molecule has 0 aromatic heterocycles. The zero-order valence-corrected chi connectivity index (χ0v) is 17.3. The Morgan fingerprint density at radius 3 is 2.38 bits per heavy atom. The molecule has 12 heteroatoms. The van der Waals surface area contributed by atoms with Gasteiger partial charge in [0.05, 0.1) is 19.2 Å². The van der Waals surface area contributed by atoms with Gasteiger partial charge in [-0.25, -0.2) is 0 Å². The van der Waals surface area contributed by atoms with E-state index in [-0.39, 0.29) is 35.2 Å². The number of halogens is 6. The summed E-state index contributed by atoms with van der Waals surface area (Å²) in [6, 6.07) is 8.88. The molecule has 0 saturated heterocycles. The molecule has 0 N–H and O–H groups in total. The Morgan fingerprint density at radius 1 is 1.09 bits per heavy atom. The van der Waals surface area contributed by atoms with Crippen LogP contribution in [-0.4, -0.2) is 37.7 Å². The third kappa shape index (κ3) is 4.15. The van der Waals surface area contributed by atoms with Crippen molar-refractivity contribution in [3.05, 3.63) is 58.5 Å². The summed E-state index contributed by atoms with van der Waals surface area (Å²) in [6.45, 7) is 0.218. The second kappa shape index (κ2) is 8.64. The maximum absolute atomic E-state index is 13.4. The number of hydrogen-bond acceptors (Lipinski definition) is 5. The van der Waals surface area contributed by atoms with Gasteiger partial charge in [-0.15, -0.1) is 16.7 Å². The minimum absolute atomic E-state index is 0.0225. The van der Waals surface area contributed by atoms with Crippen molar-refractivity contribution in [3.8, 4) is 5.75 Å². The van der Waals surface area contributed by atoms with Crippen LogP contribution in [0.4, 0.5) is 32.0 Å². The van der Waals surface area contributed by atoms with Crippen molar-refractivity contribution in [2.24, 2.45) is 5.18 Å². The number of rotatable bonds is 5. The highest BCUT2D eigenvalue weighted by molar-refractivity contribution is 7.99. The van der Waals surface area contributed by atoms with Crippen LogP contribution in [0.1, 0.15) is 11.1 Å². The van der Waals surface area contributed by atoms with Crippen LogP contribution in [0.5, 0.6) is 5.75 Å². The number of hydrogen-bond donors (Lipinski definition) is 0. The van der Waals surface area contributed by atoms with Gasteiger partial charge in [-0.05, 0) is 35.0 Å². The van der Waals surface area contributed by atoms with E-state index in [2.05, 4.69) is 0 Å². The van der Waals surface area contributed by atoms with Crippen LogP contribution in [0.3, 0.4) is 0 Å². The highest BCUT2D eigenvalue weighted by atomic mass is 32.2. The Kier molecular flexibility index (Phi) is 6.45. The molecular formula is C20H16F6N2O3S. The van der Waals surface area contributed by atoms with Gasteiger partial charge in [0.2, 0.25) is 5.91 Å². The van der Waals surface area contributed by atoms with Crippen LogP contribution in [0, 0.1) is 4.91 Å². The fraction of sp³-hybridized carbons (Fsp3) is 0.350. The molecule has 2 aromatic rings. The molecule has 3 rings (SSSR count). The average molecular weight is 478 g/mol. The van der Waals surface area contributed by atoms with Gasteiger partial charge in [-0.1, -0.05) is 18.2 Å². The van der Waals surface area contributed by atoms with Crippen molar-refractivity contribution in [1.29, 1.82) is 0 Å². The van der Waals surface area contributed by atoms with Gasteiger partial charge in [-0.3, -0.25) is 4.79 Å². The third-order valence-electron chi connectivity index (χ3n) is 4.99. The first-order valence-corrected chi connectivity index (χ1v) is 10.1. The van der Waals surface area contributed by atoms with E-state index in [1.165, 1.54) is 17.2 Å². The number of thioether (sulfide) groups is 1. The van der Waals surface area contributed by atoms with Crippen LogP contribution in [-0.2, 0) is 16.8 Å². The summed E-state index contributed by atoms with van der Waals surface area (Å²) in [5.41, 5.74) is -5.45. The predicted molar refractivity (Wildman–Crippen MR) is 106 cm³/mol. The first-order valence-electron chi connectivity index (χ1n) is 9.13. The molecule has 0 atom stereocenters. The minimum atomic E-state index is -6.00. The predicted octanol–water partition coefficient (Wildman–Crippen LogP) is 5.46. The van der Waals surface area contributed by atoms with Crippen LogP contribution >= 0.6 is 11.8 Å². The lowest BCUT2D eigenvalue weighted by Crippen LogP contribution is -2.52. The second-order valence-electron chi connectivity index (χ2n) is 6.90. The summed E-state index contributed by atoms with van der Waals surface area (Å²) in [7, 11) is 1.47. The monoisotopic (exact) mass is 478 g/mol. The Morgan fingerprint density at radius 2 is 1.78 bits per heavy atom. The number of methoxy groups -OCH3 is 1. The number of alkyl halides is 6. The SMILES string of the molecule is COc1cccc(CC(=O)N2CCSc3cc(C(N=O)(C(F)(F)F)C(F)(F)F)ccc32)c1. The minimum Gasteiger partial charge on any atom is -0.497 e. The molecule has 0 fully saturated rings. The maximum atomic E-state index is 13.4. The Hall–Kier alpha value is -2.76. The van der Waals surface area contributed by atoms with Crippen molar-refractivity contribution in [3.63, 3.8) is 0 Å². The molecule has 0 saturated carbocycles. The summed E-state index contributed by atoms with van der Waals surface area (Å²) >= 11 is 0.992. The molecule has 5 nitrogen and oxygen atoms in total. The molecule has 0 aliphatic carbocycles. The zero-order valence-electron chi connectivity index (χ0n) is 16.5. The van der Waals surface area contributed by atoms with Crippen molar-refractivity contribution in [2.75, 3.05) is 24.3 Å². The number of fused-ring (bicyclic) bond motifs is 1. The lowest BCUT2D eigenvalue weighted by atomic mass is 9.89. The number of carbonyl (C=O) groups excluding carboxylic acids is 1. The van der Waals surface area contributed by atoms with Crippen LogP contribution < -0.4 is 9.64 Å². The molecule has 172 valence electrons. The van der Waals surface area contributed by atoms with E-state index < -0.39 is 23.5 Å². The number of benzene rings is 2. The first kappa shape index (κ1) is 23.9. The lowest BCUT2D eigenvalue weighted by molar-refractivity contribution is -0.301. The van der Waals surface area contributed by atoms with E-state index >= 15 is 0 Å². The fourth-order valence-corrected chi connectivity index (χ4v) is 4.43. The fourth-order valence-electron chi connectivity index (χ4n) is 3.40. The van der Waals surface area contributed by atoms with Gasteiger partial charge < -0.3 is 9.64 Å². The van der Waals surface area contributed by atoms with Gasteiger partial charge in [-0.2, -0.15) is 26.3 Å². The molecule has 2 aromatic carbocycles. The van der Waals surface area contributed by atoms with Crippen LogP contribution in [0.15, 0.2) is 52.5 Å². The van der Waals surface area contributed by atoms with Crippen molar-refractivity contribution in [2.45, 2.75) is 29.2 Å². The van der Waals surface area contributed by atoms with Gasteiger partial charge in [0.15, 0.2) is 0 Å². The number of nitroso groups, excluding NO2 is 1. The Balaban J connectivity index is 1.98. The molecule has 0 bridgehead atoms. The normalized spacial score (nSPS) is 14.7. The molecule has 1 heterocycles. The lowest BCUT2D eigenvalue weighted by Gasteiger charge is -2.33. The van der Waals surface area contributed by atoms with E-state index in [9.17, 15) is 36.0 Å². The summed E-state index contributed by atoms with van der Waals surface area (Å²) < 4.78 is 85.5. The molecule has 1 aliphatic rings. The van der Waals surface area contributed by atoms with E-state index in [4.69, 9.17) is 4.74 Å².